The first-order chi connectivity index (χ1) is 14.8. The molecule has 0 unspecified atom stereocenters. The summed E-state index contributed by atoms with van der Waals surface area (Å²) < 4.78 is 1.49. The first-order valence-electron chi connectivity index (χ1n) is 10.3. The number of hydrogen-bond donors (Lipinski definition) is 1. The highest BCUT2D eigenvalue weighted by molar-refractivity contribution is 5.94. The molecule has 31 heavy (non-hydrogen) atoms. The van der Waals surface area contributed by atoms with Gasteiger partial charge in [-0.15, -0.1) is 0 Å². The molecule has 1 aliphatic rings. The molecule has 1 amide bonds. The molecule has 3 aromatic heterocycles. The molecule has 0 bridgehead atoms. The molecule has 1 aliphatic heterocycles. The molecule has 1 N–H and O–H groups in total. The molecule has 0 atom stereocenters. The minimum absolute atomic E-state index is 0.111. The molecule has 1 fully saturated rings. The predicted molar refractivity (Wildman–Crippen MR) is 119 cm³/mol. The lowest BCUT2D eigenvalue weighted by atomic mass is 9.92. The number of rotatable bonds is 3. The zero-order valence-corrected chi connectivity index (χ0v) is 18.2. The Morgan fingerprint density at radius 1 is 1.19 bits per heavy atom. The van der Waals surface area contributed by atoms with Crippen LogP contribution in [0.2, 0.25) is 0 Å². The number of fused-ring (bicyclic) bond motifs is 1. The smallest absolute Gasteiger partial charge is 0.263 e. The molecule has 4 rings (SSSR count). The average molecular weight is 422 g/mol. The van der Waals surface area contributed by atoms with E-state index >= 15 is 0 Å². The van der Waals surface area contributed by atoms with Gasteiger partial charge in [-0.05, 0) is 38.0 Å². The van der Waals surface area contributed by atoms with Gasteiger partial charge in [0.25, 0.3) is 17.0 Å². The number of piperidine rings is 1. The zero-order chi connectivity index (χ0) is 22.3. The maximum absolute atomic E-state index is 12.9. The van der Waals surface area contributed by atoms with Crippen molar-refractivity contribution in [2.24, 2.45) is 7.05 Å². The number of carbonyl (C=O) groups excluding carboxylic acids is 1. The van der Waals surface area contributed by atoms with E-state index < -0.39 is 0 Å². The van der Waals surface area contributed by atoms with Crippen LogP contribution in [0, 0.1) is 6.92 Å². The van der Waals surface area contributed by atoms with Crippen LogP contribution in [0.15, 0.2) is 34.0 Å². The summed E-state index contributed by atoms with van der Waals surface area (Å²) in [6.45, 7) is 2.87. The van der Waals surface area contributed by atoms with Gasteiger partial charge in [-0.2, -0.15) is 0 Å². The fraction of sp³-hybridized carbons (Fsp3) is 0.409. The van der Waals surface area contributed by atoms with Crippen LogP contribution in [0.25, 0.3) is 10.9 Å². The van der Waals surface area contributed by atoms with E-state index in [4.69, 9.17) is 0 Å². The summed E-state index contributed by atoms with van der Waals surface area (Å²) in [5.74, 6) is 0.415. The molecule has 3 aromatic rings. The van der Waals surface area contributed by atoms with E-state index in [0.29, 0.717) is 42.8 Å². The molecule has 4 heterocycles. The Bertz CT molecular complexity index is 1270. The number of aromatic amines is 1. The van der Waals surface area contributed by atoms with Gasteiger partial charge >= 0.3 is 0 Å². The number of pyridine rings is 2. The molecule has 0 spiro atoms. The van der Waals surface area contributed by atoms with Crippen molar-refractivity contribution in [1.29, 1.82) is 0 Å². The summed E-state index contributed by atoms with van der Waals surface area (Å²) in [4.78, 5) is 53.0. The number of aryl methyl sites for hydroxylation is 1. The Morgan fingerprint density at radius 2 is 1.90 bits per heavy atom. The van der Waals surface area contributed by atoms with Gasteiger partial charge in [0.2, 0.25) is 5.95 Å². The highest BCUT2D eigenvalue weighted by atomic mass is 16.2. The Morgan fingerprint density at radius 3 is 2.58 bits per heavy atom. The SMILES string of the molecule is Cc1ccc(C(=O)N2CCC(c3cc4nc(N(C)C)ncc4c(=O)[nH]3)CC2)c(=O)n1C. The van der Waals surface area contributed by atoms with Crippen molar-refractivity contribution in [2.45, 2.75) is 25.7 Å². The molecule has 0 aliphatic carbocycles. The molecular weight excluding hydrogens is 396 g/mol. The second-order valence-corrected chi connectivity index (χ2v) is 8.24. The van der Waals surface area contributed by atoms with Gasteiger partial charge in [-0.25, -0.2) is 9.97 Å². The van der Waals surface area contributed by atoms with Crippen molar-refractivity contribution in [3.05, 3.63) is 62.1 Å². The van der Waals surface area contributed by atoms with Gasteiger partial charge in [0.05, 0.1) is 10.9 Å². The van der Waals surface area contributed by atoms with E-state index in [1.54, 1.807) is 35.2 Å². The predicted octanol–water partition coefficient (Wildman–Crippen LogP) is 1.41. The minimum Gasteiger partial charge on any atom is -0.347 e. The van der Waals surface area contributed by atoms with Crippen LogP contribution in [-0.4, -0.2) is 57.5 Å². The molecule has 1 saturated heterocycles. The Kier molecular flexibility index (Phi) is 5.34. The first kappa shape index (κ1) is 20.8. The van der Waals surface area contributed by atoms with Crippen molar-refractivity contribution >= 4 is 22.8 Å². The number of nitrogens with zero attached hydrogens (tertiary/aromatic N) is 5. The summed E-state index contributed by atoms with van der Waals surface area (Å²) in [5.41, 5.74) is 1.94. The molecule has 0 aromatic carbocycles. The van der Waals surface area contributed by atoms with E-state index in [0.717, 1.165) is 11.4 Å². The lowest BCUT2D eigenvalue weighted by Crippen LogP contribution is -2.41. The van der Waals surface area contributed by atoms with Crippen molar-refractivity contribution < 1.29 is 4.79 Å². The third kappa shape index (κ3) is 3.83. The summed E-state index contributed by atoms with van der Waals surface area (Å²) in [7, 11) is 5.37. The van der Waals surface area contributed by atoms with Crippen LogP contribution >= 0.6 is 0 Å². The van der Waals surface area contributed by atoms with Gasteiger partial charge in [0.1, 0.15) is 5.56 Å². The normalized spacial score (nSPS) is 14.8. The monoisotopic (exact) mass is 422 g/mol. The molecular formula is C22H26N6O3. The molecule has 162 valence electrons. The quantitative estimate of drug-likeness (QED) is 0.684. The number of carbonyl (C=O) groups is 1. The van der Waals surface area contributed by atoms with Crippen LogP contribution in [0.3, 0.4) is 0 Å². The highest BCUT2D eigenvalue weighted by Gasteiger charge is 2.27. The van der Waals surface area contributed by atoms with Gasteiger partial charge < -0.3 is 19.4 Å². The van der Waals surface area contributed by atoms with E-state index in [2.05, 4.69) is 15.0 Å². The van der Waals surface area contributed by atoms with E-state index in [1.807, 2.05) is 27.1 Å². The lowest BCUT2D eigenvalue weighted by Gasteiger charge is -2.32. The molecule has 9 heteroatoms. The van der Waals surface area contributed by atoms with Gasteiger partial charge in [-0.1, -0.05) is 0 Å². The number of anilines is 1. The fourth-order valence-corrected chi connectivity index (χ4v) is 3.94. The van der Waals surface area contributed by atoms with Crippen LogP contribution in [-0.2, 0) is 7.05 Å². The van der Waals surface area contributed by atoms with Crippen LogP contribution in [0.5, 0.6) is 0 Å². The van der Waals surface area contributed by atoms with Gasteiger partial charge in [0, 0.05) is 57.7 Å². The summed E-state index contributed by atoms with van der Waals surface area (Å²) in [6.07, 6.45) is 2.94. The Hall–Kier alpha value is -3.49. The third-order valence-corrected chi connectivity index (χ3v) is 6.01. The summed E-state index contributed by atoms with van der Waals surface area (Å²) in [5, 5.41) is 0.456. The Labute approximate surface area is 179 Å². The number of likely N-dealkylation sites (tertiary alicyclic amines) is 1. The maximum Gasteiger partial charge on any atom is 0.263 e. The van der Waals surface area contributed by atoms with Crippen molar-refractivity contribution in [3.63, 3.8) is 0 Å². The number of amides is 1. The topological polar surface area (TPSA) is 104 Å². The van der Waals surface area contributed by atoms with E-state index in [1.165, 1.54) is 4.57 Å². The second-order valence-electron chi connectivity index (χ2n) is 8.24. The maximum atomic E-state index is 12.9. The zero-order valence-electron chi connectivity index (χ0n) is 18.2. The van der Waals surface area contributed by atoms with Crippen molar-refractivity contribution in [1.82, 2.24) is 24.4 Å². The van der Waals surface area contributed by atoms with E-state index in [-0.39, 0.29) is 28.5 Å². The third-order valence-electron chi connectivity index (χ3n) is 6.01. The number of H-pyrrole nitrogens is 1. The fourth-order valence-electron chi connectivity index (χ4n) is 3.94. The van der Waals surface area contributed by atoms with Crippen molar-refractivity contribution in [2.75, 3.05) is 32.1 Å². The largest absolute Gasteiger partial charge is 0.347 e. The molecule has 9 nitrogen and oxygen atoms in total. The molecule has 0 radical (unpaired) electrons. The average Bonchev–Trinajstić information content (AvgIpc) is 2.77. The standard InChI is InChI=1S/C22H26N6O3/c1-13-5-6-15(20(30)27(13)4)21(31)28-9-7-14(8-10-28)17-11-18-16(19(29)24-17)12-23-22(25-18)26(2)3/h5-6,11-12,14H,7-10H2,1-4H3,(H,24,29). The molecule has 0 saturated carbocycles. The van der Waals surface area contributed by atoms with Crippen molar-refractivity contribution in [3.8, 4) is 0 Å². The Balaban J connectivity index is 1.54. The minimum atomic E-state index is -0.276. The lowest BCUT2D eigenvalue weighted by molar-refractivity contribution is 0.0709. The first-order valence-corrected chi connectivity index (χ1v) is 10.3. The summed E-state index contributed by atoms with van der Waals surface area (Å²) in [6, 6.07) is 5.29. The summed E-state index contributed by atoms with van der Waals surface area (Å²) >= 11 is 0. The van der Waals surface area contributed by atoms with Gasteiger partial charge in [0.15, 0.2) is 0 Å². The van der Waals surface area contributed by atoms with Crippen LogP contribution in [0.4, 0.5) is 5.95 Å². The van der Waals surface area contributed by atoms with E-state index in [9.17, 15) is 14.4 Å². The number of aromatic nitrogens is 4. The van der Waals surface area contributed by atoms with Gasteiger partial charge in [-0.3, -0.25) is 14.4 Å². The second kappa shape index (κ2) is 7.98. The van der Waals surface area contributed by atoms with Crippen LogP contribution in [0.1, 0.15) is 40.5 Å². The van der Waals surface area contributed by atoms with Crippen LogP contribution < -0.4 is 16.0 Å². The number of nitrogens with one attached hydrogen (secondary N) is 1. The number of hydrogen-bond acceptors (Lipinski definition) is 6. The highest BCUT2D eigenvalue weighted by Crippen LogP contribution is 2.28.